The number of aryl methyl sites for hydroxylation is 8. The number of hydrogen-bond acceptors (Lipinski definition) is 2. The van der Waals surface area contributed by atoms with E-state index in [4.69, 9.17) is 20.9 Å². The fraction of sp³-hybridized carbons (Fsp3) is 0.167. The normalized spacial score (nSPS) is 16.8. The molecule has 0 unspecified atom stereocenters. The first-order chi connectivity index (χ1) is 30.5. The maximum Gasteiger partial charge on any atom is 0.240 e. The monoisotopic (exact) mass is 697 g/mol. The second-order valence-corrected chi connectivity index (χ2v) is 14.3. The lowest BCUT2D eigenvalue weighted by molar-refractivity contribution is -0.660. The van der Waals surface area contributed by atoms with Gasteiger partial charge in [0.25, 0.3) is 0 Å². The Morgan fingerprint density at radius 1 is 0.585 bits per heavy atom. The Hall–Kier alpha value is -5.67. The number of aromatic nitrogens is 2. The van der Waals surface area contributed by atoms with Crippen LogP contribution < -0.4 is 37.3 Å². The third-order valence-electron chi connectivity index (χ3n) is 11.2. The molecule has 0 aliphatic carbocycles. The molecule has 9 rings (SSSR count). The maximum atomic E-state index is 9.14. The number of pyridine rings is 2. The molecule has 256 valence electrons. The zero-order chi connectivity index (χ0) is 46.7. The van der Waals surface area contributed by atoms with Crippen LogP contribution in [0.4, 0.5) is 0 Å². The Bertz CT molecular complexity index is 3240. The second-order valence-electron chi connectivity index (χ2n) is 14.3. The zero-order valence-electron chi connectivity index (χ0n) is 41.9. The second kappa shape index (κ2) is 12.5. The van der Waals surface area contributed by atoms with Crippen molar-refractivity contribution in [3.05, 3.63) is 155 Å². The molecule has 0 amide bonds. The molecule has 0 radical (unpaired) electrons. The highest BCUT2D eigenvalue weighted by atomic mass is 16.3. The van der Waals surface area contributed by atoms with Crippen LogP contribution in [0.15, 0.2) is 120 Å². The van der Waals surface area contributed by atoms with Gasteiger partial charge in [0, 0.05) is 45.0 Å². The zero-order valence-corrected chi connectivity index (χ0v) is 29.9. The SMILES string of the molecule is [2H]C([2H])([2H])c1cc2c(cc1-c1cc(-c3c(C)ccc4c3oc3cnccc34)[n+](C)cc1C([2H])([2H])[2H])B(c1c(C)cccc1C([2H])([2H])[2H])c1ccccc1B2c1c(C)cccc1C([2H])([2H])[2H]. The Morgan fingerprint density at radius 2 is 1.21 bits per heavy atom. The van der Waals surface area contributed by atoms with Gasteiger partial charge in [-0.25, -0.2) is 4.57 Å². The Morgan fingerprint density at radius 3 is 1.87 bits per heavy atom. The summed E-state index contributed by atoms with van der Waals surface area (Å²) in [5, 5.41) is 1.67. The summed E-state index contributed by atoms with van der Waals surface area (Å²) in [6.45, 7) is -6.65. The van der Waals surface area contributed by atoms with Crippen LogP contribution in [0, 0.1) is 48.2 Å². The number of rotatable bonds is 4. The third kappa shape index (κ3) is 5.12. The maximum absolute atomic E-state index is 9.14. The van der Waals surface area contributed by atoms with E-state index in [0.717, 1.165) is 21.8 Å². The van der Waals surface area contributed by atoms with E-state index in [0.29, 0.717) is 60.9 Å². The summed E-state index contributed by atoms with van der Waals surface area (Å²) in [5.41, 5.74) is 8.25. The van der Waals surface area contributed by atoms with Crippen LogP contribution in [-0.4, -0.2) is 18.4 Å². The molecular weight excluding hydrogens is 642 g/mol. The van der Waals surface area contributed by atoms with Gasteiger partial charge in [0.2, 0.25) is 19.1 Å². The van der Waals surface area contributed by atoms with Crippen molar-refractivity contribution in [3.63, 3.8) is 0 Å². The minimum Gasteiger partial charge on any atom is -0.454 e. The van der Waals surface area contributed by atoms with Crippen molar-refractivity contribution in [2.75, 3.05) is 0 Å². The van der Waals surface area contributed by atoms with Gasteiger partial charge in [-0.2, -0.15) is 0 Å². The van der Waals surface area contributed by atoms with Crippen molar-refractivity contribution in [2.45, 2.75) is 48.2 Å². The molecule has 0 saturated carbocycles. The molecule has 0 fully saturated rings. The minimum absolute atomic E-state index is 0.0974. The molecule has 0 saturated heterocycles. The first-order valence-corrected chi connectivity index (χ1v) is 17.7. The predicted molar refractivity (Wildman–Crippen MR) is 225 cm³/mol. The van der Waals surface area contributed by atoms with Gasteiger partial charge in [-0.1, -0.05) is 140 Å². The summed E-state index contributed by atoms with van der Waals surface area (Å²) in [5.74, 6) is 0. The summed E-state index contributed by atoms with van der Waals surface area (Å²) < 4.78 is 114. The first-order valence-electron chi connectivity index (χ1n) is 23.7. The first kappa shape index (κ1) is 22.4. The molecule has 0 atom stereocenters. The number of fused-ring (bicyclic) bond motifs is 5. The number of furan rings is 1. The van der Waals surface area contributed by atoms with Gasteiger partial charge in [-0.15, -0.1) is 0 Å². The molecule has 0 spiro atoms. The van der Waals surface area contributed by atoms with Crippen molar-refractivity contribution in [1.82, 2.24) is 4.98 Å². The van der Waals surface area contributed by atoms with Crippen LogP contribution in [0.5, 0.6) is 0 Å². The lowest BCUT2D eigenvalue weighted by Gasteiger charge is -2.35. The summed E-state index contributed by atoms with van der Waals surface area (Å²) in [6, 6.07) is 28.6. The highest BCUT2D eigenvalue weighted by Gasteiger charge is 2.41. The molecule has 0 N–H and O–H groups in total. The van der Waals surface area contributed by atoms with Gasteiger partial charge in [-0.05, 0) is 76.5 Å². The van der Waals surface area contributed by atoms with Crippen molar-refractivity contribution in [2.24, 2.45) is 7.05 Å². The van der Waals surface area contributed by atoms with Gasteiger partial charge < -0.3 is 4.42 Å². The Labute approximate surface area is 330 Å². The van der Waals surface area contributed by atoms with Gasteiger partial charge >= 0.3 is 0 Å². The van der Waals surface area contributed by atoms with Crippen LogP contribution in [0.3, 0.4) is 0 Å². The van der Waals surface area contributed by atoms with Gasteiger partial charge in [0.15, 0.2) is 11.8 Å². The van der Waals surface area contributed by atoms with Gasteiger partial charge in [0.1, 0.15) is 12.6 Å². The highest BCUT2D eigenvalue weighted by molar-refractivity contribution is 7.11. The molecule has 0 bridgehead atoms. The van der Waals surface area contributed by atoms with Crippen LogP contribution in [0.25, 0.3) is 44.3 Å². The molecule has 53 heavy (non-hydrogen) atoms. The van der Waals surface area contributed by atoms with E-state index in [1.54, 1.807) is 66.5 Å². The molecule has 4 heterocycles. The van der Waals surface area contributed by atoms with E-state index < -0.39 is 40.8 Å². The molecule has 5 heteroatoms. The van der Waals surface area contributed by atoms with Crippen molar-refractivity contribution in [3.8, 4) is 22.4 Å². The van der Waals surface area contributed by atoms with E-state index in [9.17, 15) is 0 Å². The summed E-state index contributed by atoms with van der Waals surface area (Å²) in [6.07, 6.45) is 4.84. The van der Waals surface area contributed by atoms with Crippen molar-refractivity contribution < 1.29 is 25.4 Å². The minimum atomic E-state index is -2.82. The molecule has 5 aromatic carbocycles. The molecular formula is C48H43B2N2O+. The Kier molecular flexibility index (Phi) is 5.28. The van der Waals surface area contributed by atoms with Gasteiger partial charge in [-0.3, -0.25) is 4.98 Å². The van der Waals surface area contributed by atoms with Crippen LogP contribution in [-0.2, 0) is 7.05 Å². The average Bonchev–Trinajstić information content (AvgIpc) is 3.60. The van der Waals surface area contributed by atoms with E-state index >= 15 is 0 Å². The van der Waals surface area contributed by atoms with Crippen molar-refractivity contribution >= 4 is 68.1 Å². The predicted octanol–water partition coefficient (Wildman–Crippen LogP) is 6.64. The quantitative estimate of drug-likeness (QED) is 0.153. The summed E-state index contributed by atoms with van der Waals surface area (Å²) in [4.78, 5) is 4.25. The highest BCUT2D eigenvalue weighted by Crippen LogP contribution is 2.38. The van der Waals surface area contributed by atoms with Crippen LogP contribution >= 0.6 is 0 Å². The smallest absolute Gasteiger partial charge is 0.240 e. The Balaban J connectivity index is 1.45. The molecule has 3 aromatic heterocycles. The number of hydrogen-bond donors (Lipinski definition) is 0. The van der Waals surface area contributed by atoms with E-state index in [-0.39, 0.29) is 33.4 Å². The molecule has 3 nitrogen and oxygen atoms in total. The van der Waals surface area contributed by atoms with Gasteiger partial charge in [0.05, 0.1) is 11.8 Å². The van der Waals surface area contributed by atoms with E-state index in [1.807, 2.05) is 75.4 Å². The van der Waals surface area contributed by atoms with Crippen LogP contribution in [0.1, 0.15) is 55.4 Å². The molecule has 8 aromatic rings. The lowest BCUT2D eigenvalue weighted by atomic mass is 9.20. The third-order valence-corrected chi connectivity index (χ3v) is 11.2. The fourth-order valence-electron chi connectivity index (χ4n) is 8.71. The van der Waals surface area contributed by atoms with Crippen LogP contribution in [0.2, 0.25) is 0 Å². The van der Waals surface area contributed by atoms with E-state index in [2.05, 4.69) is 4.98 Å². The standard InChI is InChI=1S/C48H43B2N2O/c1-28-19-20-36-35-21-22-51-26-44(35)53-48(36)45(28)43-25-38(34(7)27-52(43)8)37-24-42-41(23-33(37)6)49(46-29(2)13-11-14-30(46)3)39-17-9-10-18-40(39)50(42)47-31(4)15-12-16-32(47)5/h9-27H,1-8H3/q+1/i2D3,4D3,6D3,7D3. The lowest BCUT2D eigenvalue weighted by Crippen LogP contribution is -2.76. The fourth-order valence-corrected chi connectivity index (χ4v) is 8.71. The number of benzene rings is 5. The summed E-state index contributed by atoms with van der Waals surface area (Å²) >= 11 is 0. The number of nitrogens with zero attached hydrogens (tertiary/aromatic N) is 2. The molecule has 1 aliphatic heterocycles. The van der Waals surface area contributed by atoms with E-state index in [1.165, 1.54) is 6.20 Å². The average molecular weight is 698 g/mol. The topological polar surface area (TPSA) is 29.9 Å². The largest absolute Gasteiger partial charge is 0.454 e. The van der Waals surface area contributed by atoms with Crippen molar-refractivity contribution in [1.29, 1.82) is 0 Å². The molecule has 1 aliphatic rings. The summed E-state index contributed by atoms with van der Waals surface area (Å²) in [7, 11) is 1.74.